The summed E-state index contributed by atoms with van der Waals surface area (Å²) in [4.78, 5) is 13.8. The Hall–Kier alpha value is -1.40. The second kappa shape index (κ2) is 6.68. The standard InChI is InChI=1S/C13H22N4O2/c1-11-7-15-17(9-11)10-12(2)14-8-13(18)16-3-5-19-6-4-16/h7,9,12,14H,3-6,8,10H2,1-2H3. The molecule has 6 nitrogen and oxygen atoms in total. The summed E-state index contributed by atoms with van der Waals surface area (Å²) in [6.07, 6.45) is 3.84. The minimum atomic E-state index is 0.145. The summed E-state index contributed by atoms with van der Waals surface area (Å²) in [5.41, 5.74) is 1.15. The number of nitrogens with one attached hydrogen (secondary N) is 1. The number of carbonyl (C=O) groups excluding carboxylic acids is 1. The molecule has 0 spiro atoms. The monoisotopic (exact) mass is 266 g/mol. The van der Waals surface area contributed by atoms with E-state index in [2.05, 4.69) is 17.3 Å². The molecule has 1 aliphatic heterocycles. The number of nitrogens with zero attached hydrogens (tertiary/aromatic N) is 3. The predicted molar refractivity (Wildman–Crippen MR) is 71.8 cm³/mol. The number of aromatic nitrogens is 2. The quantitative estimate of drug-likeness (QED) is 0.817. The Kier molecular flexibility index (Phi) is 4.93. The highest BCUT2D eigenvalue weighted by atomic mass is 16.5. The van der Waals surface area contributed by atoms with Gasteiger partial charge in [0.15, 0.2) is 0 Å². The summed E-state index contributed by atoms with van der Waals surface area (Å²) in [5, 5.41) is 7.48. The largest absolute Gasteiger partial charge is 0.378 e. The highest BCUT2D eigenvalue weighted by Crippen LogP contribution is 1.98. The van der Waals surface area contributed by atoms with Gasteiger partial charge in [0.25, 0.3) is 0 Å². The highest BCUT2D eigenvalue weighted by Gasteiger charge is 2.17. The Morgan fingerprint density at radius 2 is 2.26 bits per heavy atom. The number of ether oxygens (including phenoxy) is 1. The van der Waals surface area contributed by atoms with E-state index in [1.165, 1.54) is 0 Å². The number of hydrogen-bond donors (Lipinski definition) is 1. The molecule has 1 aliphatic rings. The first-order chi connectivity index (χ1) is 9.15. The van der Waals surface area contributed by atoms with Gasteiger partial charge in [-0.2, -0.15) is 5.10 Å². The van der Waals surface area contributed by atoms with Gasteiger partial charge in [0.2, 0.25) is 5.91 Å². The lowest BCUT2D eigenvalue weighted by molar-refractivity contribution is -0.134. The number of carbonyl (C=O) groups is 1. The maximum atomic E-state index is 11.9. The maximum absolute atomic E-state index is 11.9. The molecule has 1 aromatic rings. The van der Waals surface area contributed by atoms with Crippen LogP contribution < -0.4 is 5.32 Å². The van der Waals surface area contributed by atoms with Crippen molar-refractivity contribution < 1.29 is 9.53 Å². The van der Waals surface area contributed by atoms with Gasteiger partial charge < -0.3 is 15.0 Å². The average Bonchev–Trinajstić information content (AvgIpc) is 2.82. The van der Waals surface area contributed by atoms with E-state index in [1.807, 2.05) is 28.9 Å². The number of aryl methyl sites for hydroxylation is 1. The molecule has 0 bridgehead atoms. The van der Waals surface area contributed by atoms with Gasteiger partial charge in [0.05, 0.1) is 32.5 Å². The fourth-order valence-corrected chi connectivity index (χ4v) is 2.10. The molecule has 1 atom stereocenters. The minimum absolute atomic E-state index is 0.145. The SMILES string of the molecule is Cc1cnn(CC(C)NCC(=O)N2CCOCC2)c1. The molecule has 19 heavy (non-hydrogen) atoms. The van der Waals surface area contributed by atoms with Crippen LogP contribution in [-0.2, 0) is 16.1 Å². The summed E-state index contributed by atoms with van der Waals surface area (Å²) in [6, 6.07) is 0.212. The van der Waals surface area contributed by atoms with Crippen LogP contribution in [0, 0.1) is 6.92 Å². The van der Waals surface area contributed by atoms with Gasteiger partial charge in [-0.05, 0) is 19.4 Å². The van der Waals surface area contributed by atoms with Crippen LogP contribution in [0.2, 0.25) is 0 Å². The van der Waals surface area contributed by atoms with Crippen LogP contribution in [0.3, 0.4) is 0 Å². The van der Waals surface area contributed by atoms with Crippen LogP contribution in [0.15, 0.2) is 12.4 Å². The van der Waals surface area contributed by atoms with Crippen LogP contribution in [0.4, 0.5) is 0 Å². The maximum Gasteiger partial charge on any atom is 0.236 e. The second-order valence-electron chi connectivity index (χ2n) is 5.01. The molecule has 0 radical (unpaired) electrons. The molecule has 106 valence electrons. The highest BCUT2D eigenvalue weighted by molar-refractivity contribution is 5.78. The third-order valence-corrected chi connectivity index (χ3v) is 3.19. The van der Waals surface area contributed by atoms with Crippen molar-refractivity contribution in [1.82, 2.24) is 20.0 Å². The Balaban J connectivity index is 1.70. The fraction of sp³-hybridized carbons (Fsp3) is 0.692. The van der Waals surface area contributed by atoms with Crippen molar-refractivity contribution in [3.8, 4) is 0 Å². The lowest BCUT2D eigenvalue weighted by Gasteiger charge is -2.27. The van der Waals surface area contributed by atoms with Crippen LogP contribution in [-0.4, -0.2) is 59.5 Å². The van der Waals surface area contributed by atoms with Crippen LogP contribution >= 0.6 is 0 Å². The van der Waals surface area contributed by atoms with Crippen molar-refractivity contribution in [2.45, 2.75) is 26.4 Å². The number of morpholine rings is 1. The molecule has 0 saturated carbocycles. The van der Waals surface area contributed by atoms with Crippen molar-refractivity contribution in [1.29, 1.82) is 0 Å². The molecule has 1 saturated heterocycles. The first kappa shape index (κ1) is 14.0. The lowest BCUT2D eigenvalue weighted by atomic mass is 10.3. The Labute approximate surface area is 113 Å². The van der Waals surface area contributed by atoms with E-state index in [0.29, 0.717) is 32.8 Å². The van der Waals surface area contributed by atoms with Crippen molar-refractivity contribution in [2.75, 3.05) is 32.8 Å². The first-order valence-electron chi connectivity index (χ1n) is 6.73. The molecular weight excluding hydrogens is 244 g/mol. The molecule has 1 amide bonds. The second-order valence-corrected chi connectivity index (χ2v) is 5.01. The summed E-state index contributed by atoms with van der Waals surface area (Å²) in [6.45, 7) is 7.92. The van der Waals surface area contributed by atoms with Gasteiger partial charge in [0, 0.05) is 25.3 Å². The summed E-state index contributed by atoms with van der Waals surface area (Å²) in [7, 11) is 0. The molecule has 1 unspecified atom stereocenters. The van der Waals surface area contributed by atoms with Gasteiger partial charge in [-0.3, -0.25) is 9.48 Å². The average molecular weight is 266 g/mol. The van der Waals surface area contributed by atoms with Gasteiger partial charge in [-0.15, -0.1) is 0 Å². The number of rotatable bonds is 5. The molecule has 1 aromatic heterocycles. The molecular formula is C13H22N4O2. The van der Waals surface area contributed by atoms with Crippen LogP contribution in [0.25, 0.3) is 0 Å². The molecule has 2 rings (SSSR count). The first-order valence-corrected chi connectivity index (χ1v) is 6.73. The third-order valence-electron chi connectivity index (χ3n) is 3.19. The smallest absolute Gasteiger partial charge is 0.236 e. The third kappa shape index (κ3) is 4.33. The summed E-state index contributed by atoms with van der Waals surface area (Å²) in [5.74, 6) is 0.145. The van der Waals surface area contributed by atoms with Crippen LogP contribution in [0.1, 0.15) is 12.5 Å². The number of hydrogen-bond acceptors (Lipinski definition) is 4. The lowest BCUT2D eigenvalue weighted by Crippen LogP contribution is -2.46. The summed E-state index contributed by atoms with van der Waals surface area (Å²) >= 11 is 0. The van der Waals surface area contributed by atoms with E-state index in [1.54, 1.807) is 0 Å². The van der Waals surface area contributed by atoms with E-state index in [9.17, 15) is 4.79 Å². The van der Waals surface area contributed by atoms with E-state index < -0.39 is 0 Å². The molecule has 1 N–H and O–H groups in total. The minimum Gasteiger partial charge on any atom is -0.378 e. The van der Waals surface area contributed by atoms with Gasteiger partial charge in [0.1, 0.15) is 0 Å². The number of amides is 1. The van der Waals surface area contributed by atoms with Gasteiger partial charge in [-0.1, -0.05) is 0 Å². The zero-order valence-corrected chi connectivity index (χ0v) is 11.6. The Bertz CT molecular complexity index is 413. The normalized spacial score (nSPS) is 17.5. The Morgan fingerprint density at radius 1 is 1.53 bits per heavy atom. The zero-order valence-electron chi connectivity index (χ0n) is 11.6. The molecule has 6 heteroatoms. The molecule has 1 fully saturated rings. The fourth-order valence-electron chi connectivity index (χ4n) is 2.10. The molecule has 0 aliphatic carbocycles. The van der Waals surface area contributed by atoms with Crippen molar-refractivity contribution >= 4 is 5.91 Å². The zero-order chi connectivity index (χ0) is 13.7. The van der Waals surface area contributed by atoms with Gasteiger partial charge in [-0.25, -0.2) is 0 Å². The van der Waals surface area contributed by atoms with E-state index in [0.717, 1.165) is 12.1 Å². The molecule has 2 heterocycles. The van der Waals surface area contributed by atoms with E-state index >= 15 is 0 Å². The van der Waals surface area contributed by atoms with E-state index in [-0.39, 0.29) is 11.9 Å². The van der Waals surface area contributed by atoms with Crippen molar-refractivity contribution in [3.05, 3.63) is 18.0 Å². The van der Waals surface area contributed by atoms with Crippen LogP contribution in [0.5, 0.6) is 0 Å². The molecule has 0 aromatic carbocycles. The van der Waals surface area contributed by atoms with Crippen molar-refractivity contribution in [3.63, 3.8) is 0 Å². The Morgan fingerprint density at radius 3 is 2.89 bits per heavy atom. The van der Waals surface area contributed by atoms with Gasteiger partial charge >= 0.3 is 0 Å². The van der Waals surface area contributed by atoms with E-state index in [4.69, 9.17) is 4.74 Å². The predicted octanol–water partition coefficient (Wildman–Crippen LogP) is 0.0284. The van der Waals surface area contributed by atoms with Crippen molar-refractivity contribution in [2.24, 2.45) is 0 Å². The summed E-state index contributed by atoms with van der Waals surface area (Å²) < 4.78 is 7.13. The topological polar surface area (TPSA) is 59.4 Å².